The lowest BCUT2D eigenvalue weighted by atomic mass is 9.65. The van der Waals surface area contributed by atoms with Gasteiger partial charge in [-0.3, -0.25) is 9.59 Å². The van der Waals surface area contributed by atoms with E-state index in [0.29, 0.717) is 0 Å². The molecule has 0 radical (unpaired) electrons. The normalized spacial score (nSPS) is 27.8. The number of benzene rings is 1. The molecule has 196 valence electrons. The van der Waals surface area contributed by atoms with E-state index in [1.807, 2.05) is 15.9 Å². The summed E-state index contributed by atoms with van der Waals surface area (Å²) in [6.07, 6.45) is 15.4. The summed E-state index contributed by atoms with van der Waals surface area (Å²) in [5.74, 6) is 1.20. The number of fused-ring (bicyclic) bond motifs is 1. The zero-order chi connectivity index (χ0) is 24.9. The third-order valence-electron chi connectivity index (χ3n) is 8.63. The van der Waals surface area contributed by atoms with Crippen molar-refractivity contribution in [2.45, 2.75) is 77.0 Å². The summed E-state index contributed by atoms with van der Waals surface area (Å²) in [6, 6.07) is 6.14. The molecule has 0 aromatic heterocycles. The molecule has 6 heteroatoms. The molecule has 0 bridgehead atoms. The van der Waals surface area contributed by atoms with Gasteiger partial charge in [0.25, 0.3) is 0 Å². The predicted molar refractivity (Wildman–Crippen MR) is 140 cm³/mol. The van der Waals surface area contributed by atoms with E-state index in [1.54, 1.807) is 0 Å². The Morgan fingerprint density at radius 1 is 0.833 bits per heavy atom. The molecule has 3 aliphatic heterocycles. The number of ether oxygens (including phenoxy) is 2. The maximum atomic E-state index is 14.3. The monoisotopic (exact) mass is 494 g/mol. The number of rotatable bonds is 7. The van der Waals surface area contributed by atoms with Crippen LogP contribution in [0.2, 0.25) is 0 Å². The summed E-state index contributed by atoms with van der Waals surface area (Å²) in [4.78, 5) is 32.3. The largest absolute Gasteiger partial charge is 0.454 e. The van der Waals surface area contributed by atoms with Crippen LogP contribution in [-0.4, -0.2) is 54.6 Å². The van der Waals surface area contributed by atoms with Gasteiger partial charge in [-0.05, 0) is 68.6 Å². The van der Waals surface area contributed by atoms with Crippen LogP contribution < -0.4 is 9.47 Å². The number of hydrogen-bond donors (Lipinski definition) is 0. The molecule has 5 rings (SSSR count). The van der Waals surface area contributed by atoms with E-state index in [9.17, 15) is 9.59 Å². The lowest BCUT2D eigenvalue weighted by molar-refractivity contribution is -0.147. The summed E-state index contributed by atoms with van der Waals surface area (Å²) in [7, 11) is 0. The SMILES string of the molecule is CCCCCC1C=CC(C(=O)N2CCCCC2)C(C(=O)N2CCCCC2)C1c1ccc2c(c1)OCO2. The van der Waals surface area contributed by atoms with Crippen LogP contribution in [0.15, 0.2) is 30.4 Å². The van der Waals surface area contributed by atoms with Gasteiger partial charge in [-0.15, -0.1) is 0 Å². The van der Waals surface area contributed by atoms with Crippen molar-refractivity contribution >= 4 is 11.8 Å². The van der Waals surface area contributed by atoms with Crippen LogP contribution in [0.5, 0.6) is 11.5 Å². The van der Waals surface area contributed by atoms with Gasteiger partial charge in [-0.25, -0.2) is 0 Å². The molecule has 36 heavy (non-hydrogen) atoms. The zero-order valence-electron chi connectivity index (χ0n) is 21.8. The topological polar surface area (TPSA) is 59.1 Å². The Labute approximate surface area is 216 Å². The second-order valence-corrected chi connectivity index (χ2v) is 11.0. The van der Waals surface area contributed by atoms with E-state index in [4.69, 9.17) is 9.47 Å². The van der Waals surface area contributed by atoms with Gasteiger partial charge in [0.1, 0.15) is 0 Å². The van der Waals surface area contributed by atoms with Crippen LogP contribution in [0.4, 0.5) is 0 Å². The van der Waals surface area contributed by atoms with Crippen molar-refractivity contribution in [3.63, 3.8) is 0 Å². The van der Waals surface area contributed by atoms with Crippen molar-refractivity contribution in [1.29, 1.82) is 0 Å². The number of unbranched alkanes of at least 4 members (excludes halogenated alkanes) is 2. The molecule has 1 aromatic rings. The molecule has 0 saturated carbocycles. The van der Waals surface area contributed by atoms with E-state index in [1.165, 1.54) is 19.3 Å². The standard InChI is InChI=1S/C30H42N2O4/c1-2-3-6-11-22-12-14-24(29(33)31-16-7-4-8-17-31)28(30(34)32-18-9-5-10-19-32)27(22)23-13-15-25-26(20-23)36-21-35-25/h12-15,20,22,24,27-28H,2-11,16-19,21H2,1H3. The highest BCUT2D eigenvalue weighted by atomic mass is 16.7. The average molecular weight is 495 g/mol. The van der Waals surface area contributed by atoms with Crippen molar-refractivity contribution in [2.75, 3.05) is 33.0 Å². The van der Waals surface area contributed by atoms with E-state index < -0.39 is 5.92 Å². The number of nitrogens with zero attached hydrogens (tertiary/aromatic N) is 2. The Morgan fingerprint density at radius 3 is 2.19 bits per heavy atom. The number of carbonyl (C=O) groups excluding carboxylic acids is 2. The molecule has 2 amide bonds. The first-order valence-corrected chi connectivity index (χ1v) is 14.3. The molecule has 1 aliphatic carbocycles. The Bertz CT molecular complexity index is 948. The molecule has 4 unspecified atom stereocenters. The van der Waals surface area contributed by atoms with Gasteiger partial charge in [-0.2, -0.15) is 0 Å². The number of carbonyl (C=O) groups is 2. The first-order chi connectivity index (χ1) is 17.7. The van der Waals surface area contributed by atoms with Crippen molar-refractivity contribution in [3.8, 4) is 11.5 Å². The molecular formula is C30H42N2O4. The summed E-state index contributed by atoms with van der Waals surface area (Å²) >= 11 is 0. The number of likely N-dealkylation sites (tertiary alicyclic amines) is 2. The molecule has 2 fully saturated rings. The van der Waals surface area contributed by atoms with Crippen LogP contribution in [-0.2, 0) is 9.59 Å². The number of allylic oxidation sites excluding steroid dienone is 1. The van der Waals surface area contributed by atoms with E-state index >= 15 is 0 Å². The summed E-state index contributed by atoms with van der Waals surface area (Å²) < 4.78 is 11.3. The quantitative estimate of drug-likeness (QED) is 0.370. The minimum Gasteiger partial charge on any atom is -0.454 e. The first kappa shape index (κ1) is 25.2. The van der Waals surface area contributed by atoms with Gasteiger partial charge >= 0.3 is 0 Å². The molecule has 3 heterocycles. The van der Waals surface area contributed by atoms with Gasteiger partial charge in [0.05, 0.1) is 11.8 Å². The molecule has 6 nitrogen and oxygen atoms in total. The minimum atomic E-state index is -0.407. The Kier molecular flexibility index (Phi) is 8.18. The van der Waals surface area contributed by atoms with E-state index in [0.717, 1.165) is 88.2 Å². The Hall–Kier alpha value is -2.50. The Balaban J connectivity index is 1.53. The van der Waals surface area contributed by atoms with Crippen molar-refractivity contribution in [1.82, 2.24) is 9.80 Å². The molecule has 4 atom stereocenters. The zero-order valence-corrected chi connectivity index (χ0v) is 21.8. The Morgan fingerprint density at radius 2 is 1.50 bits per heavy atom. The van der Waals surface area contributed by atoms with Crippen molar-refractivity contribution < 1.29 is 19.1 Å². The van der Waals surface area contributed by atoms with Gasteiger partial charge < -0.3 is 19.3 Å². The molecular weight excluding hydrogens is 452 g/mol. The van der Waals surface area contributed by atoms with Gasteiger partial charge in [0, 0.05) is 32.1 Å². The summed E-state index contributed by atoms with van der Waals surface area (Å²) in [6.45, 7) is 5.68. The van der Waals surface area contributed by atoms with Crippen molar-refractivity contribution in [3.05, 3.63) is 35.9 Å². The van der Waals surface area contributed by atoms with Crippen LogP contribution in [0.25, 0.3) is 0 Å². The fraction of sp³-hybridized carbons (Fsp3) is 0.667. The highest BCUT2D eigenvalue weighted by Gasteiger charge is 2.47. The fourth-order valence-corrected chi connectivity index (χ4v) is 6.67. The molecule has 4 aliphatic rings. The van der Waals surface area contributed by atoms with E-state index in [-0.39, 0.29) is 36.4 Å². The maximum absolute atomic E-state index is 14.3. The second kappa shape index (κ2) is 11.7. The average Bonchev–Trinajstić information content (AvgIpc) is 3.41. The van der Waals surface area contributed by atoms with Crippen LogP contribution >= 0.6 is 0 Å². The minimum absolute atomic E-state index is 0.0467. The molecule has 2 saturated heterocycles. The summed E-state index contributed by atoms with van der Waals surface area (Å²) in [5, 5.41) is 0. The van der Waals surface area contributed by atoms with Crippen molar-refractivity contribution in [2.24, 2.45) is 17.8 Å². The lowest BCUT2D eigenvalue weighted by Crippen LogP contribution is -2.51. The van der Waals surface area contributed by atoms with Crippen LogP contribution in [0.1, 0.15) is 82.6 Å². The second-order valence-electron chi connectivity index (χ2n) is 11.0. The smallest absolute Gasteiger partial charge is 0.231 e. The maximum Gasteiger partial charge on any atom is 0.231 e. The first-order valence-electron chi connectivity index (χ1n) is 14.3. The lowest BCUT2D eigenvalue weighted by Gasteiger charge is -2.43. The van der Waals surface area contributed by atoms with Gasteiger partial charge in [0.2, 0.25) is 18.6 Å². The highest BCUT2D eigenvalue weighted by Crippen LogP contribution is 2.47. The number of piperidine rings is 2. The molecule has 0 N–H and O–H groups in total. The molecule has 0 spiro atoms. The summed E-state index contributed by atoms with van der Waals surface area (Å²) in [5.41, 5.74) is 1.09. The third-order valence-corrected chi connectivity index (χ3v) is 8.63. The highest BCUT2D eigenvalue weighted by molar-refractivity contribution is 5.90. The number of amides is 2. The van der Waals surface area contributed by atoms with Crippen LogP contribution in [0.3, 0.4) is 0 Å². The predicted octanol–water partition coefficient (Wildman–Crippen LogP) is 5.52. The molecule has 1 aromatic carbocycles. The van der Waals surface area contributed by atoms with Gasteiger partial charge in [0.15, 0.2) is 11.5 Å². The van der Waals surface area contributed by atoms with Crippen LogP contribution in [0, 0.1) is 17.8 Å². The van der Waals surface area contributed by atoms with Gasteiger partial charge in [-0.1, -0.05) is 44.4 Å². The number of hydrogen-bond acceptors (Lipinski definition) is 4. The van der Waals surface area contributed by atoms with E-state index in [2.05, 4.69) is 31.2 Å². The third kappa shape index (κ3) is 5.28. The fourth-order valence-electron chi connectivity index (χ4n) is 6.67.